The largest absolute Gasteiger partial charge is 0.495 e. The average Bonchev–Trinajstić information content (AvgIpc) is 2.48. The molecule has 0 aromatic heterocycles. The van der Waals surface area contributed by atoms with Crippen molar-refractivity contribution in [3.8, 4) is 5.75 Å². The van der Waals surface area contributed by atoms with E-state index in [1.807, 2.05) is 32.0 Å². The Bertz CT molecular complexity index is 457. The molecule has 1 aromatic carbocycles. The molecule has 0 amide bonds. The van der Waals surface area contributed by atoms with Crippen LogP contribution in [-0.4, -0.2) is 43.5 Å². The predicted molar refractivity (Wildman–Crippen MR) is 86.9 cm³/mol. The lowest BCUT2D eigenvalue weighted by Gasteiger charge is -2.36. The number of methoxy groups -OCH3 is 1. The first kappa shape index (κ1) is 15.9. The fraction of sp³-hybridized carbons (Fsp3) is 0.625. The number of hydrogen-bond acceptors (Lipinski definition) is 5. The van der Waals surface area contributed by atoms with Crippen molar-refractivity contribution in [3.63, 3.8) is 0 Å². The summed E-state index contributed by atoms with van der Waals surface area (Å²) in [5, 5.41) is 13.1. The molecule has 1 aliphatic rings. The number of nitrogens with two attached hydrogens (primary N) is 1. The van der Waals surface area contributed by atoms with Gasteiger partial charge in [0.05, 0.1) is 18.9 Å². The quantitative estimate of drug-likeness (QED) is 0.719. The third kappa shape index (κ3) is 4.02. The molecule has 5 nitrogen and oxygen atoms in total. The van der Waals surface area contributed by atoms with E-state index in [1.165, 1.54) is 0 Å². The van der Waals surface area contributed by atoms with Gasteiger partial charge in [-0.2, -0.15) is 0 Å². The first-order valence-electron chi connectivity index (χ1n) is 7.64. The number of aliphatic hydroxyl groups is 1. The second-order valence-electron chi connectivity index (χ2n) is 5.89. The molecule has 0 spiro atoms. The van der Waals surface area contributed by atoms with Crippen molar-refractivity contribution in [1.82, 2.24) is 5.32 Å². The summed E-state index contributed by atoms with van der Waals surface area (Å²) >= 11 is 0. The molecule has 1 aliphatic heterocycles. The summed E-state index contributed by atoms with van der Waals surface area (Å²) in [6, 6.07) is 6.41. The van der Waals surface area contributed by atoms with Gasteiger partial charge in [-0.1, -0.05) is 0 Å². The molecule has 0 unspecified atom stereocenters. The number of nitrogens with one attached hydrogen (secondary N) is 1. The number of rotatable bonds is 5. The Morgan fingerprint density at radius 2 is 2.00 bits per heavy atom. The Kier molecular flexibility index (Phi) is 5.31. The van der Waals surface area contributed by atoms with Gasteiger partial charge in [0.15, 0.2) is 0 Å². The molecule has 5 heteroatoms. The van der Waals surface area contributed by atoms with Crippen LogP contribution >= 0.6 is 0 Å². The summed E-state index contributed by atoms with van der Waals surface area (Å²) in [6.45, 7) is 5.81. The Hall–Kier alpha value is -1.46. The SMILES string of the molecule is COc1cc(N)ccc1N1CCC(N[C@@H](C)[C@@H](C)O)CC1. The molecule has 0 aliphatic carbocycles. The first-order chi connectivity index (χ1) is 10.0. The fourth-order valence-corrected chi connectivity index (χ4v) is 2.75. The van der Waals surface area contributed by atoms with E-state index in [2.05, 4.69) is 10.2 Å². The highest BCUT2D eigenvalue weighted by atomic mass is 16.5. The summed E-state index contributed by atoms with van der Waals surface area (Å²) in [6.07, 6.45) is 1.80. The molecule has 118 valence electrons. The molecular weight excluding hydrogens is 266 g/mol. The summed E-state index contributed by atoms with van der Waals surface area (Å²) in [5.74, 6) is 0.832. The second-order valence-corrected chi connectivity index (χ2v) is 5.89. The zero-order valence-electron chi connectivity index (χ0n) is 13.2. The fourth-order valence-electron chi connectivity index (χ4n) is 2.75. The number of ether oxygens (including phenoxy) is 1. The molecule has 0 radical (unpaired) electrons. The van der Waals surface area contributed by atoms with Crippen molar-refractivity contribution in [1.29, 1.82) is 0 Å². The van der Waals surface area contributed by atoms with E-state index in [1.54, 1.807) is 7.11 Å². The average molecular weight is 293 g/mol. The summed E-state index contributed by atoms with van der Waals surface area (Å²) in [5.41, 5.74) is 7.63. The number of anilines is 2. The number of hydrogen-bond donors (Lipinski definition) is 3. The van der Waals surface area contributed by atoms with Crippen molar-refractivity contribution in [2.24, 2.45) is 0 Å². The van der Waals surface area contributed by atoms with Gasteiger partial charge >= 0.3 is 0 Å². The van der Waals surface area contributed by atoms with Crippen LogP contribution in [-0.2, 0) is 0 Å². The number of nitrogen functional groups attached to an aromatic ring is 1. The minimum absolute atomic E-state index is 0.132. The maximum atomic E-state index is 9.57. The van der Waals surface area contributed by atoms with E-state index in [0.29, 0.717) is 6.04 Å². The predicted octanol–water partition coefficient (Wildman–Crippen LogP) is 1.61. The zero-order chi connectivity index (χ0) is 15.4. The molecule has 2 rings (SSSR count). The maximum Gasteiger partial charge on any atom is 0.144 e. The van der Waals surface area contributed by atoms with Gasteiger partial charge in [-0.25, -0.2) is 0 Å². The normalized spacial score (nSPS) is 19.3. The summed E-state index contributed by atoms with van der Waals surface area (Å²) in [7, 11) is 1.68. The van der Waals surface area contributed by atoms with Crippen LogP contribution in [0.1, 0.15) is 26.7 Å². The van der Waals surface area contributed by atoms with Gasteiger partial charge in [-0.05, 0) is 38.8 Å². The van der Waals surface area contributed by atoms with Gasteiger partial charge in [-0.3, -0.25) is 0 Å². The number of nitrogens with zero attached hydrogens (tertiary/aromatic N) is 1. The van der Waals surface area contributed by atoms with Crippen LogP contribution in [0.3, 0.4) is 0 Å². The van der Waals surface area contributed by atoms with E-state index >= 15 is 0 Å². The number of benzene rings is 1. The Morgan fingerprint density at radius 3 is 2.57 bits per heavy atom. The molecule has 1 heterocycles. The highest BCUT2D eigenvalue weighted by Gasteiger charge is 2.23. The van der Waals surface area contributed by atoms with E-state index < -0.39 is 0 Å². The summed E-state index contributed by atoms with van der Waals surface area (Å²) in [4.78, 5) is 2.34. The Balaban J connectivity index is 1.95. The molecule has 0 saturated carbocycles. The van der Waals surface area contributed by atoms with Gasteiger partial charge in [0.1, 0.15) is 5.75 Å². The monoisotopic (exact) mass is 293 g/mol. The molecule has 4 N–H and O–H groups in total. The topological polar surface area (TPSA) is 70.8 Å². The van der Waals surface area contributed by atoms with Crippen molar-refractivity contribution < 1.29 is 9.84 Å². The second kappa shape index (κ2) is 7.00. The molecule has 21 heavy (non-hydrogen) atoms. The van der Waals surface area contributed by atoms with Gasteiger partial charge in [0.25, 0.3) is 0 Å². The molecule has 2 atom stereocenters. The molecule has 0 bridgehead atoms. The Labute approximate surface area is 127 Å². The third-order valence-electron chi connectivity index (χ3n) is 4.26. The van der Waals surface area contributed by atoms with Crippen LogP contribution in [0.25, 0.3) is 0 Å². The van der Waals surface area contributed by atoms with Gasteiger partial charge in [0.2, 0.25) is 0 Å². The maximum absolute atomic E-state index is 9.57. The van der Waals surface area contributed by atoms with Gasteiger partial charge < -0.3 is 25.8 Å². The highest BCUT2D eigenvalue weighted by Crippen LogP contribution is 2.32. The van der Waals surface area contributed by atoms with Crippen LogP contribution in [0.5, 0.6) is 5.75 Å². The zero-order valence-corrected chi connectivity index (χ0v) is 13.2. The van der Waals surface area contributed by atoms with E-state index in [4.69, 9.17) is 10.5 Å². The molecule has 1 saturated heterocycles. The van der Waals surface area contributed by atoms with Crippen LogP contribution in [0.2, 0.25) is 0 Å². The van der Waals surface area contributed by atoms with Crippen LogP contribution in [0.15, 0.2) is 18.2 Å². The van der Waals surface area contributed by atoms with E-state index in [-0.39, 0.29) is 12.1 Å². The van der Waals surface area contributed by atoms with Crippen molar-refractivity contribution in [2.45, 2.75) is 44.9 Å². The number of piperidine rings is 1. The van der Waals surface area contributed by atoms with Crippen LogP contribution in [0.4, 0.5) is 11.4 Å². The van der Waals surface area contributed by atoms with E-state index in [0.717, 1.165) is 43.1 Å². The lowest BCUT2D eigenvalue weighted by Crippen LogP contribution is -2.48. The third-order valence-corrected chi connectivity index (χ3v) is 4.26. The standard InChI is InChI=1S/C16H27N3O2/c1-11(12(2)20)18-14-6-8-19(9-7-14)15-5-4-13(17)10-16(15)21-3/h4-5,10-12,14,18,20H,6-9,17H2,1-3H3/t11-,12+/m0/s1. The molecule has 1 aromatic rings. The van der Waals surface area contributed by atoms with Gasteiger partial charge in [0, 0.05) is 36.9 Å². The van der Waals surface area contributed by atoms with Crippen LogP contribution < -0.4 is 20.7 Å². The molecular formula is C16H27N3O2. The minimum Gasteiger partial charge on any atom is -0.495 e. The van der Waals surface area contributed by atoms with Gasteiger partial charge in [-0.15, -0.1) is 0 Å². The highest BCUT2D eigenvalue weighted by molar-refractivity contribution is 5.64. The lowest BCUT2D eigenvalue weighted by molar-refractivity contribution is 0.142. The smallest absolute Gasteiger partial charge is 0.144 e. The Morgan fingerprint density at radius 1 is 1.33 bits per heavy atom. The van der Waals surface area contributed by atoms with Crippen LogP contribution in [0, 0.1) is 0 Å². The lowest BCUT2D eigenvalue weighted by atomic mass is 10.0. The van der Waals surface area contributed by atoms with Crippen molar-refractivity contribution >= 4 is 11.4 Å². The van der Waals surface area contributed by atoms with E-state index in [9.17, 15) is 5.11 Å². The minimum atomic E-state index is -0.319. The first-order valence-corrected chi connectivity index (χ1v) is 7.64. The summed E-state index contributed by atoms with van der Waals surface area (Å²) < 4.78 is 5.43. The van der Waals surface area contributed by atoms with Crippen molar-refractivity contribution in [2.75, 3.05) is 30.8 Å². The van der Waals surface area contributed by atoms with Crippen molar-refractivity contribution in [3.05, 3.63) is 18.2 Å². The number of aliphatic hydroxyl groups excluding tert-OH is 1. The molecule has 1 fully saturated rings.